The van der Waals surface area contributed by atoms with E-state index < -0.39 is 0 Å². The lowest BCUT2D eigenvalue weighted by Gasteiger charge is -2.35. The van der Waals surface area contributed by atoms with Crippen molar-refractivity contribution in [1.29, 1.82) is 0 Å². The number of guanidine groups is 1. The molecule has 3 rings (SSSR count). The Bertz CT molecular complexity index is 849. The maximum absolute atomic E-state index is 5.56. The second-order valence-corrected chi connectivity index (χ2v) is 7.15. The molecular weight excluding hydrogens is 398 g/mol. The zero-order chi connectivity index (χ0) is 22.1. The molecule has 1 aliphatic rings. The highest BCUT2D eigenvalue weighted by Gasteiger charge is 2.24. The highest BCUT2D eigenvalue weighted by molar-refractivity contribution is 5.79. The monoisotopic (exact) mass is 431 g/mol. The third-order valence-corrected chi connectivity index (χ3v) is 5.27. The van der Waals surface area contributed by atoms with Crippen LogP contribution in [0.15, 0.2) is 29.5 Å². The van der Waals surface area contributed by atoms with Crippen LogP contribution in [0.3, 0.4) is 0 Å². The summed E-state index contributed by atoms with van der Waals surface area (Å²) in [6.45, 7) is 7.13. The second-order valence-electron chi connectivity index (χ2n) is 7.15. The molecule has 0 amide bonds. The highest BCUT2D eigenvalue weighted by Crippen LogP contribution is 2.32. The predicted octanol–water partition coefficient (Wildman–Crippen LogP) is 0.961. The summed E-state index contributed by atoms with van der Waals surface area (Å²) in [6, 6.07) is 6.22. The maximum atomic E-state index is 5.56. The number of benzene rings is 1. The fourth-order valence-corrected chi connectivity index (χ4v) is 3.56. The van der Waals surface area contributed by atoms with Crippen LogP contribution in [0.5, 0.6) is 11.5 Å². The number of aliphatic imine (C=N–C) groups is 1. The summed E-state index contributed by atoms with van der Waals surface area (Å²) >= 11 is 0. The quantitative estimate of drug-likeness (QED) is 0.448. The van der Waals surface area contributed by atoms with Gasteiger partial charge in [-0.3, -0.25) is 9.58 Å². The molecule has 1 atom stereocenters. The van der Waals surface area contributed by atoms with Gasteiger partial charge in [-0.2, -0.15) is 5.10 Å². The van der Waals surface area contributed by atoms with Gasteiger partial charge in [-0.1, -0.05) is 6.07 Å². The normalized spacial score (nSPS) is 16.1. The van der Waals surface area contributed by atoms with Crippen molar-refractivity contribution in [3.05, 3.63) is 35.9 Å². The SMILES string of the molecule is CCNC(=NCc1ncnn1C)NCC(c1ccc(OC)c(OC)c1)N1CCOCC1. The van der Waals surface area contributed by atoms with Crippen molar-refractivity contribution in [2.75, 3.05) is 53.6 Å². The number of nitrogens with zero attached hydrogens (tertiary/aromatic N) is 5. The van der Waals surface area contributed by atoms with Gasteiger partial charge in [0.25, 0.3) is 0 Å². The van der Waals surface area contributed by atoms with Crippen LogP contribution in [0.4, 0.5) is 0 Å². The first-order valence-electron chi connectivity index (χ1n) is 10.5. The van der Waals surface area contributed by atoms with Gasteiger partial charge in [0.1, 0.15) is 18.7 Å². The van der Waals surface area contributed by atoms with Crippen molar-refractivity contribution in [3.63, 3.8) is 0 Å². The number of ether oxygens (including phenoxy) is 3. The molecule has 2 heterocycles. The summed E-state index contributed by atoms with van der Waals surface area (Å²) in [6.07, 6.45) is 1.54. The first-order valence-corrected chi connectivity index (χ1v) is 10.5. The van der Waals surface area contributed by atoms with Crippen molar-refractivity contribution >= 4 is 5.96 Å². The molecule has 1 fully saturated rings. The molecule has 2 N–H and O–H groups in total. The Kier molecular flexibility index (Phi) is 8.48. The van der Waals surface area contributed by atoms with Crippen LogP contribution in [-0.4, -0.2) is 79.2 Å². The van der Waals surface area contributed by atoms with Crippen LogP contribution in [-0.2, 0) is 18.3 Å². The summed E-state index contributed by atoms with van der Waals surface area (Å²) in [5.41, 5.74) is 1.15. The molecule has 1 aliphatic heterocycles. The second kappa shape index (κ2) is 11.5. The lowest BCUT2D eigenvalue weighted by Crippen LogP contribution is -2.46. The Balaban J connectivity index is 1.78. The Morgan fingerprint density at radius 2 is 1.97 bits per heavy atom. The van der Waals surface area contributed by atoms with E-state index in [2.05, 4.69) is 36.7 Å². The van der Waals surface area contributed by atoms with Gasteiger partial charge in [0.05, 0.1) is 33.5 Å². The largest absolute Gasteiger partial charge is 0.493 e. The van der Waals surface area contributed by atoms with Crippen LogP contribution < -0.4 is 20.1 Å². The fourth-order valence-electron chi connectivity index (χ4n) is 3.56. The molecule has 0 aliphatic carbocycles. The average molecular weight is 432 g/mol. The molecule has 10 heteroatoms. The number of rotatable bonds is 9. The smallest absolute Gasteiger partial charge is 0.191 e. The van der Waals surface area contributed by atoms with Crippen molar-refractivity contribution in [2.24, 2.45) is 12.0 Å². The van der Waals surface area contributed by atoms with E-state index >= 15 is 0 Å². The van der Waals surface area contributed by atoms with E-state index in [1.165, 1.54) is 6.33 Å². The predicted molar refractivity (Wildman–Crippen MR) is 119 cm³/mol. The molecule has 1 unspecified atom stereocenters. The van der Waals surface area contributed by atoms with E-state index in [0.29, 0.717) is 13.1 Å². The van der Waals surface area contributed by atoms with Crippen LogP contribution in [0.2, 0.25) is 0 Å². The van der Waals surface area contributed by atoms with E-state index in [4.69, 9.17) is 14.2 Å². The van der Waals surface area contributed by atoms with Crippen molar-refractivity contribution in [1.82, 2.24) is 30.3 Å². The summed E-state index contributed by atoms with van der Waals surface area (Å²) in [4.78, 5) is 11.3. The number of methoxy groups -OCH3 is 2. The van der Waals surface area contributed by atoms with Crippen molar-refractivity contribution in [3.8, 4) is 11.5 Å². The topological polar surface area (TPSA) is 98.1 Å². The number of hydrogen-bond donors (Lipinski definition) is 2. The summed E-state index contributed by atoms with van der Waals surface area (Å²) in [5, 5.41) is 10.9. The van der Waals surface area contributed by atoms with Gasteiger partial charge in [-0.15, -0.1) is 0 Å². The molecule has 1 saturated heterocycles. The van der Waals surface area contributed by atoms with Gasteiger partial charge in [0, 0.05) is 33.2 Å². The molecule has 0 radical (unpaired) electrons. The first-order chi connectivity index (χ1) is 15.2. The third-order valence-electron chi connectivity index (χ3n) is 5.27. The lowest BCUT2D eigenvalue weighted by molar-refractivity contribution is 0.0169. The minimum absolute atomic E-state index is 0.127. The molecule has 0 spiro atoms. The molecule has 1 aromatic carbocycles. The molecule has 10 nitrogen and oxygen atoms in total. The van der Waals surface area contributed by atoms with Crippen molar-refractivity contribution < 1.29 is 14.2 Å². The third kappa shape index (κ3) is 6.08. The Morgan fingerprint density at radius 3 is 2.61 bits per heavy atom. The minimum Gasteiger partial charge on any atom is -0.493 e. The van der Waals surface area contributed by atoms with Crippen LogP contribution in [0.25, 0.3) is 0 Å². The van der Waals surface area contributed by atoms with E-state index in [9.17, 15) is 0 Å². The average Bonchev–Trinajstić information content (AvgIpc) is 3.22. The maximum Gasteiger partial charge on any atom is 0.191 e. The van der Waals surface area contributed by atoms with Crippen molar-refractivity contribution in [2.45, 2.75) is 19.5 Å². The molecule has 0 saturated carbocycles. The Hall–Kier alpha value is -2.85. The van der Waals surface area contributed by atoms with E-state index in [-0.39, 0.29) is 6.04 Å². The minimum atomic E-state index is 0.127. The van der Waals surface area contributed by atoms with Gasteiger partial charge < -0.3 is 24.8 Å². The van der Waals surface area contributed by atoms with Gasteiger partial charge >= 0.3 is 0 Å². The van der Waals surface area contributed by atoms with Gasteiger partial charge in [0.15, 0.2) is 17.5 Å². The highest BCUT2D eigenvalue weighted by atomic mass is 16.5. The van der Waals surface area contributed by atoms with Crippen LogP contribution in [0.1, 0.15) is 24.4 Å². The van der Waals surface area contributed by atoms with E-state index in [1.54, 1.807) is 18.9 Å². The van der Waals surface area contributed by atoms with E-state index in [1.807, 2.05) is 26.1 Å². The van der Waals surface area contributed by atoms with E-state index in [0.717, 1.165) is 61.7 Å². The molecule has 31 heavy (non-hydrogen) atoms. The summed E-state index contributed by atoms with van der Waals surface area (Å²) in [7, 11) is 5.17. The lowest BCUT2D eigenvalue weighted by atomic mass is 10.0. The number of hydrogen-bond acceptors (Lipinski definition) is 7. The zero-order valence-electron chi connectivity index (χ0n) is 18.8. The Labute approximate surface area is 183 Å². The number of aryl methyl sites for hydroxylation is 1. The van der Waals surface area contributed by atoms with Gasteiger partial charge in [-0.25, -0.2) is 9.98 Å². The van der Waals surface area contributed by atoms with Crippen LogP contribution in [0, 0.1) is 0 Å². The number of morpholine rings is 1. The molecule has 170 valence electrons. The zero-order valence-corrected chi connectivity index (χ0v) is 18.8. The standard InChI is InChI=1S/C21H33N7O3/c1-5-22-21(24-14-20-25-15-26-27(20)2)23-13-17(28-8-10-31-11-9-28)16-6-7-18(29-3)19(12-16)30-4/h6-7,12,15,17H,5,8-11,13-14H2,1-4H3,(H2,22,23,24). The van der Waals surface area contributed by atoms with Crippen LogP contribution >= 0.6 is 0 Å². The number of nitrogens with one attached hydrogen (secondary N) is 2. The number of aromatic nitrogens is 3. The van der Waals surface area contributed by atoms with Gasteiger partial charge in [-0.05, 0) is 24.6 Å². The Morgan fingerprint density at radius 1 is 1.19 bits per heavy atom. The molecule has 0 bridgehead atoms. The summed E-state index contributed by atoms with van der Waals surface area (Å²) < 4.78 is 18.2. The van der Waals surface area contributed by atoms with Gasteiger partial charge in [0.2, 0.25) is 0 Å². The molecular formula is C21H33N7O3. The fraction of sp³-hybridized carbons (Fsp3) is 0.571. The summed E-state index contributed by atoms with van der Waals surface area (Å²) in [5.74, 6) is 2.99. The molecule has 1 aromatic heterocycles. The molecule has 2 aromatic rings. The first kappa shape index (κ1) is 22.8.